The molecule has 0 spiro atoms. The number of benzene rings is 1. The van der Waals surface area contributed by atoms with E-state index in [4.69, 9.17) is 28.9 Å². The molecule has 0 aliphatic heterocycles. The van der Waals surface area contributed by atoms with Crippen molar-refractivity contribution >= 4 is 34.8 Å². The SMILES string of the molecule is CC(NC(=O)c1cc(Cl)ncc1N)c1ccccc1Cl. The van der Waals surface area contributed by atoms with Gasteiger partial charge in [-0.2, -0.15) is 0 Å². The van der Waals surface area contributed by atoms with Crippen molar-refractivity contribution < 1.29 is 4.79 Å². The van der Waals surface area contributed by atoms with Crippen LogP contribution in [0.15, 0.2) is 36.5 Å². The van der Waals surface area contributed by atoms with Crippen molar-refractivity contribution in [3.05, 3.63) is 57.8 Å². The van der Waals surface area contributed by atoms with Crippen LogP contribution in [0.4, 0.5) is 5.69 Å². The van der Waals surface area contributed by atoms with Crippen LogP contribution in [-0.2, 0) is 0 Å². The van der Waals surface area contributed by atoms with E-state index in [9.17, 15) is 4.79 Å². The summed E-state index contributed by atoms with van der Waals surface area (Å²) in [6, 6.07) is 8.52. The number of carbonyl (C=O) groups excluding carboxylic acids is 1. The van der Waals surface area contributed by atoms with Crippen molar-refractivity contribution in [2.24, 2.45) is 0 Å². The van der Waals surface area contributed by atoms with E-state index in [-0.39, 0.29) is 22.8 Å². The third-order valence-corrected chi connectivity index (χ3v) is 3.42. The molecule has 0 bridgehead atoms. The van der Waals surface area contributed by atoms with Gasteiger partial charge >= 0.3 is 0 Å². The van der Waals surface area contributed by atoms with Gasteiger partial charge in [-0.15, -0.1) is 0 Å². The number of rotatable bonds is 3. The molecule has 0 aliphatic carbocycles. The van der Waals surface area contributed by atoms with Crippen LogP contribution in [0.25, 0.3) is 0 Å². The zero-order valence-corrected chi connectivity index (χ0v) is 12.2. The number of halogens is 2. The van der Waals surface area contributed by atoms with Crippen LogP contribution >= 0.6 is 23.2 Å². The van der Waals surface area contributed by atoms with Crippen molar-refractivity contribution in [1.29, 1.82) is 0 Å². The van der Waals surface area contributed by atoms with E-state index in [1.54, 1.807) is 6.07 Å². The van der Waals surface area contributed by atoms with Crippen molar-refractivity contribution in [3.63, 3.8) is 0 Å². The molecule has 2 rings (SSSR count). The quantitative estimate of drug-likeness (QED) is 0.853. The Balaban J connectivity index is 2.20. The molecule has 1 heterocycles. The van der Waals surface area contributed by atoms with Crippen LogP contribution in [0.2, 0.25) is 10.2 Å². The molecule has 6 heteroatoms. The number of nitrogens with one attached hydrogen (secondary N) is 1. The van der Waals surface area contributed by atoms with Crippen LogP contribution in [0, 0.1) is 0 Å². The molecule has 1 amide bonds. The highest BCUT2D eigenvalue weighted by molar-refractivity contribution is 6.31. The smallest absolute Gasteiger partial charge is 0.254 e. The minimum Gasteiger partial charge on any atom is -0.397 e. The van der Waals surface area contributed by atoms with Crippen molar-refractivity contribution in [1.82, 2.24) is 10.3 Å². The number of anilines is 1. The number of hydrogen-bond donors (Lipinski definition) is 2. The first-order valence-electron chi connectivity index (χ1n) is 5.95. The summed E-state index contributed by atoms with van der Waals surface area (Å²) in [5, 5.41) is 3.65. The molecule has 0 fully saturated rings. The molecule has 1 unspecified atom stereocenters. The van der Waals surface area contributed by atoms with Crippen molar-refractivity contribution in [3.8, 4) is 0 Å². The fourth-order valence-electron chi connectivity index (χ4n) is 1.82. The summed E-state index contributed by atoms with van der Waals surface area (Å²) < 4.78 is 0. The van der Waals surface area contributed by atoms with Crippen LogP contribution in [-0.4, -0.2) is 10.9 Å². The molecule has 1 aromatic heterocycles. The topological polar surface area (TPSA) is 68.0 Å². The summed E-state index contributed by atoms with van der Waals surface area (Å²) in [7, 11) is 0. The molecule has 0 saturated carbocycles. The van der Waals surface area contributed by atoms with E-state index < -0.39 is 0 Å². The summed E-state index contributed by atoms with van der Waals surface area (Å²) >= 11 is 11.9. The molecule has 2 aromatic rings. The fourth-order valence-corrected chi connectivity index (χ4v) is 2.27. The average molecular weight is 310 g/mol. The number of amides is 1. The Morgan fingerprint density at radius 2 is 2.05 bits per heavy atom. The van der Waals surface area contributed by atoms with Crippen molar-refractivity contribution in [2.45, 2.75) is 13.0 Å². The Kier molecular flexibility index (Phi) is 4.47. The second-order valence-corrected chi connectivity index (χ2v) is 5.11. The molecule has 1 atom stereocenters. The summed E-state index contributed by atoms with van der Waals surface area (Å²) in [6.07, 6.45) is 1.36. The Hall–Kier alpha value is -1.78. The Bertz CT molecular complexity index is 646. The zero-order valence-electron chi connectivity index (χ0n) is 10.7. The first-order valence-corrected chi connectivity index (χ1v) is 6.71. The van der Waals surface area contributed by atoms with Gasteiger partial charge < -0.3 is 11.1 Å². The van der Waals surface area contributed by atoms with Gasteiger partial charge in [-0.05, 0) is 24.6 Å². The molecule has 104 valence electrons. The second-order valence-electron chi connectivity index (χ2n) is 4.31. The van der Waals surface area contributed by atoms with E-state index in [1.807, 2.05) is 25.1 Å². The van der Waals surface area contributed by atoms with Gasteiger partial charge in [-0.25, -0.2) is 4.98 Å². The highest BCUT2D eigenvalue weighted by atomic mass is 35.5. The van der Waals surface area contributed by atoms with Gasteiger partial charge in [-0.1, -0.05) is 41.4 Å². The van der Waals surface area contributed by atoms with Crippen molar-refractivity contribution in [2.75, 3.05) is 5.73 Å². The van der Waals surface area contributed by atoms with Gasteiger partial charge in [0.25, 0.3) is 5.91 Å². The molecule has 0 radical (unpaired) electrons. The Morgan fingerprint density at radius 1 is 1.35 bits per heavy atom. The van der Waals surface area contributed by atoms with Gasteiger partial charge in [0.05, 0.1) is 23.5 Å². The summed E-state index contributed by atoms with van der Waals surface area (Å²) in [4.78, 5) is 16.0. The van der Waals surface area contributed by atoms with Crippen LogP contribution in [0.3, 0.4) is 0 Å². The number of hydrogen-bond acceptors (Lipinski definition) is 3. The number of pyridine rings is 1. The van der Waals surface area contributed by atoms with Crippen LogP contribution in [0.5, 0.6) is 0 Å². The van der Waals surface area contributed by atoms with Gasteiger partial charge in [0.2, 0.25) is 0 Å². The maximum atomic E-state index is 12.2. The summed E-state index contributed by atoms with van der Waals surface area (Å²) in [5.41, 5.74) is 7.13. The van der Waals surface area contributed by atoms with Gasteiger partial charge in [0.1, 0.15) is 5.15 Å². The minimum atomic E-state index is -0.320. The lowest BCUT2D eigenvalue weighted by Gasteiger charge is -2.16. The first kappa shape index (κ1) is 14.6. The summed E-state index contributed by atoms with van der Waals surface area (Å²) in [5.74, 6) is -0.320. The molecule has 4 nitrogen and oxygen atoms in total. The largest absolute Gasteiger partial charge is 0.397 e. The van der Waals surface area contributed by atoms with E-state index >= 15 is 0 Å². The maximum Gasteiger partial charge on any atom is 0.254 e. The lowest BCUT2D eigenvalue weighted by molar-refractivity contribution is 0.0940. The van der Waals surface area contributed by atoms with Gasteiger partial charge in [0, 0.05) is 5.02 Å². The van der Waals surface area contributed by atoms with Crippen LogP contribution in [0.1, 0.15) is 28.9 Å². The molecular formula is C14H13Cl2N3O. The average Bonchev–Trinajstić information content (AvgIpc) is 2.41. The molecule has 0 aliphatic rings. The number of aromatic nitrogens is 1. The fraction of sp³-hybridized carbons (Fsp3) is 0.143. The highest BCUT2D eigenvalue weighted by Crippen LogP contribution is 2.23. The highest BCUT2D eigenvalue weighted by Gasteiger charge is 2.16. The lowest BCUT2D eigenvalue weighted by Crippen LogP contribution is -2.27. The standard InChI is InChI=1S/C14H13Cl2N3O/c1-8(9-4-2-3-5-11(9)15)19-14(20)10-6-13(16)18-7-12(10)17/h2-8H,17H2,1H3,(H,19,20). The number of carbonyl (C=O) groups is 1. The normalized spacial score (nSPS) is 11.9. The number of nitrogen functional groups attached to an aromatic ring is 1. The molecule has 1 aromatic carbocycles. The zero-order chi connectivity index (χ0) is 14.7. The third kappa shape index (κ3) is 3.21. The lowest BCUT2D eigenvalue weighted by atomic mass is 10.1. The van der Waals surface area contributed by atoms with Gasteiger partial charge in [-0.3, -0.25) is 4.79 Å². The Morgan fingerprint density at radius 3 is 2.75 bits per heavy atom. The minimum absolute atomic E-state index is 0.217. The van der Waals surface area contributed by atoms with E-state index in [0.717, 1.165) is 5.56 Å². The maximum absolute atomic E-state index is 12.2. The van der Waals surface area contributed by atoms with E-state index in [1.165, 1.54) is 12.3 Å². The molecule has 3 N–H and O–H groups in total. The third-order valence-electron chi connectivity index (χ3n) is 2.87. The predicted octanol–water partition coefficient (Wildman–Crippen LogP) is 3.46. The number of nitrogens with zero attached hydrogens (tertiary/aromatic N) is 1. The van der Waals surface area contributed by atoms with E-state index in [2.05, 4.69) is 10.3 Å². The van der Waals surface area contributed by atoms with Crippen LogP contribution < -0.4 is 11.1 Å². The molecule has 0 saturated heterocycles. The molecule has 20 heavy (non-hydrogen) atoms. The monoisotopic (exact) mass is 309 g/mol. The molecular weight excluding hydrogens is 297 g/mol. The van der Waals surface area contributed by atoms with E-state index in [0.29, 0.717) is 10.6 Å². The number of nitrogens with two attached hydrogens (primary N) is 1. The second kappa shape index (κ2) is 6.11. The van der Waals surface area contributed by atoms with Gasteiger partial charge in [0.15, 0.2) is 0 Å². The first-order chi connectivity index (χ1) is 9.49. The summed E-state index contributed by atoms with van der Waals surface area (Å²) in [6.45, 7) is 1.85. The predicted molar refractivity (Wildman–Crippen MR) is 81.0 cm³/mol. The Labute approximate surface area is 126 Å².